The van der Waals surface area contributed by atoms with Crippen molar-refractivity contribution in [2.75, 3.05) is 383 Å². The van der Waals surface area contributed by atoms with Gasteiger partial charge in [-0.15, -0.1) is 0 Å². The van der Waals surface area contributed by atoms with Crippen LogP contribution in [0.15, 0.2) is 24.3 Å². The normalized spacial score (nSPS) is 22.9. The molecule has 1 saturated heterocycles. The summed E-state index contributed by atoms with van der Waals surface area (Å²) in [6.07, 6.45) is 10.8. The van der Waals surface area contributed by atoms with Crippen LogP contribution in [0.3, 0.4) is 0 Å². The van der Waals surface area contributed by atoms with Gasteiger partial charge in [0.2, 0.25) is 0 Å². The molecule has 0 amide bonds. The van der Waals surface area contributed by atoms with E-state index in [1.807, 2.05) is 31.2 Å². The highest BCUT2D eigenvalue weighted by Gasteiger charge is 2.31. The first kappa shape index (κ1) is 107. The maximum absolute atomic E-state index is 12.3. The van der Waals surface area contributed by atoms with E-state index < -0.39 is 22.6 Å². The minimum atomic E-state index is -4.96. The molecule has 0 aromatic heterocycles. The van der Waals surface area contributed by atoms with Gasteiger partial charge in [-0.25, -0.2) is 4.18 Å². The van der Waals surface area contributed by atoms with Gasteiger partial charge < -0.3 is 142 Å². The number of rotatable bonds is 13. The van der Waals surface area contributed by atoms with Crippen molar-refractivity contribution in [2.45, 2.75) is 77.4 Å². The first-order valence-electron chi connectivity index (χ1n) is 40.7. The van der Waals surface area contributed by atoms with Gasteiger partial charge in [-0.1, -0.05) is 63.7 Å². The molecule has 113 heavy (non-hydrogen) atoms. The molecular weight excluding hydrogens is 1510 g/mol. The molecule has 2 unspecified atom stereocenters. The lowest BCUT2D eigenvalue weighted by Crippen LogP contribution is -2.43. The van der Waals surface area contributed by atoms with E-state index in [1.165, 1.54) is 32.1 Å². The maximum atomic E-state index is 12.3. The standard InChI is InChI=1S/C78H146O34S/c1-3-5-6-7-8-9-10-12-74-13-14-76(75(71-74)11-4-2)111-77-72-109-69-67-107-65-63-105-61-59-103-57-55-101-53-51-99-49-47-97-45-43-95-41-39-93-37-35-91-33-31-89-29-27-87-25-23-85-21-19-83-17-15-82-16-18-84-20-22-86-24-26-88-28-30-90-32-34-92-36-38-94-40-42-96-44-46-98-48-50-100-52-54-102-56-58-104-60-62-106-64-66-108-68-70-110-73-78(77)112-113(79,80)81/h4,11,13-14,71,77-78H,3,5-10,12,15-70,72-73H2,1-2H3,(H,79,80,81)/b11-4-. The summed E-state index contributed by atoms with van der Waals surface area (Å²) >= 11 is 0. The number of aryl methyl sites for hydroxylation is 1. The molecule has 1 N–H and O–H groups in total. The molecule has 0 radical (unpaired) electrons. The zero-order valence-corrected chi connectivity index (χ0v) is 69.4. The van der Waals surface area contributed by atoms with Gasteiger partial charge in [-0.05, 0) is 37.5 Å². The van der Waals surface area contributed by atoms with Crippen LogP contribution in [0.5, 0.6) is 5.75 Å². The molecule has 0 bridgehead atoms. The average Bonchev–Trinajstić information content (AvgIpc) is 0.837. The fourth-order valence-electron chi connectivity index (χ4n) is 9.64. The van der Waals surface area contributed by atoms with Gasteiger partial charge in [0.05, 0.1) is 383 Å². The van der Waals surface area contributed by atoms with Crippen molar-refractivity contribution >= 4 is 16.5 Å². The summed E-state index contributed by atoms with van der Waals surface area (Å²) in [5, 5.41) is 0. The van der Waals surface area contributed by atoms with Crippen LogP contribution in [0.1, 0.15) is 69.9 Å². The minimum Gasteiger partial charge on any atom is -0.485 e. The van der Waals surface area contributed by atoms with E-state index >= 15 is 0 Å². The molecular formula is C78H146O34S. The second-order valence-corrected chi connectivity index (χ2v) is 25.7. The fourth-order valence-corrected chi connectivity index (χ4v) is 10.1. The zero-order valence-electron chi connectivity index (χ0n) is 68.5. The molecule has 1 aromatic carbocycles. The number of benzene rings is 1. The third-order valence-corrected chi connectivity index (χ3v) is 15.9. The first-order valence-corrected chi connectivity index (χ1v) is 42.1. The van der Waals surface area contributed by atoms with E-state index in [-0.39, 0.29) is 46.2 Å². The number of allylic oxidation sites excluding steroid dienone is 1. The molecule has 1 aliphatic heterocycles. The van der Waals surface area contributed by atoms with E-state index in [4.69, 9.17) is 146 Å². The van der Waals surface area contributed by atoms with Crippen LogP contribution >= 0.6 is 0 Å². The molecule has 1 heterocycles. The molecule has 34 nitrogen and oxygen atoms in total. The Morgan fingerprint density at radius 2 is 0.487 bits per heavy atom. The summed E-state index contributed by atoms with van der Waals surface area (Å²) in [4.78, 5) is 0. The molecule has 1 fully saturated rings. The molecule has 1 aliphatic rings. The van der Waals surface area contributed by atoms with E-state index in [2.05, 4.69) is 13.0 Å². The van der Waals surface area contributed by atoms with Crippen LogP contribution in [-0.4, -0.2) is 408 Å². The Morgan fingerprint density at radius 3 is 0.690 bits per heavy atom. The van der Waals surface area contributed by atoms with Gasteiger partial charge in [0.25, 0.3) is 0 Å². The highest BCUT2D eigenvalue weighted by atomic mass is 32.3. The smallest absolute Gasteiger partial charge is 0.397 e. The quantitative estimate of drug-likeness (QED) is 0.190. The molecule has 668 valence electrons. The van der Waals surface area contributed by atoms with Gasteiger partial charge in [0.15, 0.2) is 6.10 Å². The van der Waals surface area contributed by atoms with Crippen LogP contribution in [0.4, 0.5) is 0 Å². The third kappa shape index (κ3) is 80.3. The van der Waals surface area contributed by atoms with Gasteiger partial charge >= 0.3 is 10.4 Å². The second-order valence-electron chi connectivity index (χ2n) is 24.6. The third-order valence-electron chi connectivity index (χ3n) is 15.4. The summed E-state index contributed by atoms with van der Waals surface area (Å²) in [6, 6.07) is 5.95. The molecule has 2 rings (SSSR count). The number of ether oxygens (including phenoxy) is 30. The highest BCUT2D eigenvalue weighted by Crippen LogP contribution is 2.26. The number of unbranched alkanes of at least 4 members (excludes halogenated alkanes) is 6. The number of hydrogen-bond donors (Lipinski definition) is 1. The predicted molar refractivity (Wildman–Crippen MR) is 417 cm³/mol. The van der Waals surface area contributed by atoms with E-state index in [0.29, 0.717) is 343 Å². The second kappa shape index (κ2) is 88.7. The Labute approximate surface area is 674 Å². The maximum Gasteiger partial charge on any atom is 0.397 e. The van der Waals surface area contributed by atoms with Gasteiger partial charge in [0.1, 0.15) is 11.9 Å². The summed E-state index contributed by atoms with van der Waals surface area (Å²) in [6.45, 7) is 27.1. The Bertz CT molecular complexity index is 2190. The lowest BCUT2D eigenvalue weighted by molar-refractivity contribution is -0.0661. The van der Waals surface area contributed by atoms with Crippen LogP contribution < -0.4 is 4.74 Å². The van der Waals surface area contributed by atoms with Crippen LogP contribution in [-0.2, 0) is 158 Å². The molecule has 0 spiro atoms. The molecule has 2 atom stereocenters. The van der Waals surface area contributed by atoms with Crippen molar-refractivity contribution in [3.05, 3.63) is 35.4 Å². The van der Waals surface area contributed by atoms with Crippen LogP contribution in [0.2, 0.25) is 0 Å². The van der Waals surface area contributed by atoms with E-state index in [0.717, 1.165) is 30.4 Å². The monoisotopic (exact) mass is 1660 g/mol. The Kier molecular flexibility index (Phi) is 83.7. The zero-order chi connectivity index (χ0) is 80.5. The summed E-state index contributed by atoms with van der Waals surface area (Å²) < 4.78 is 209. The van der Waals surface area contributed by atoms with Crippen molar-refractivity contribution in [3.8, 4) is 5.75 Å². The van der Waals surface area contributed by atoms with Crippen LogP contribution in [0, 0.1) is 0 Å². The minimum absolute atomic E-state index is 0.0822. The van der Waals surface area contributed by atoms with Gasteiger partial charge in [0, 0.05) is 5.56 Å². The van der Waals surface area contributed by atoms with Crippen LogP contribution in [0.25, 0.3) is 6.08 Å². The summed E-state index contributed by atoms with van der Waals surface area (Å²) in [5.74, 6) is 0.482. The van der Waals surface area contributed by atoms with Crippen molar-refractivity contribution in [2.24, 2.45) is 0 Å². The van der Waals surface area contributed by atoms with E-state index in [9.17, 15) is 13.0 Å². The first-order chi connectivity index (χ1) is 55.9. The van der Waals surface area contributed by atoms with Crippen molar-refractivity contribution in [1.82, 2.24) is 0 Å². The topological polar surface area (TPSA) is 340 Å². The highest BCUT2D eigenvalue weighted by molar-refractivity contribution is 7.80. The number of hydrogen-bond acceptors (Lipinski definition) is 33. The Morgan fingerprint density at radius 1 is 0.292 bits per heavy atom. The lowest BCUT2D eigenvalue weighted by atomic mass is 10.0. The lowest BCUT2D eigenvalue weighted by Gasteiger charge is -2.27. The average molecular weight is 1660 g/mol. The van der Waals surface area contributed by atoms with Gasteiger partial charge in [-0.3, -0.25) is 4.55 Å². The SMILES string of the molecule is C/C=C\c1cc(CCCCCCCCC)ccc1OC1COCCOCCOCCOCCOCCOCCOCCOCCOCCOCCOCCOCCOCCOCCOCCOCCOCCOCCOCCOCCOCCOCCOCCOCCOCCOCCOCCOCCOCC1OS(=O)(=O)O. The largest absolute Gasteiger partial charge is 0.485 e. The van der Waals surface area contributed by atoms with Crippen molar-refractivity contribution in [1.29, 1.82) is 0 Å². The predicted octanol–water partition coefficient (Wildman–Crippen LogP) is 5.44. The van der Waals surface area contributed by atoms with Crippen molar-refractivity contribution in [3.63, 3.8) is 0 Å². The molecule has 35 heteroatoms. The summed E-state index contributed by atoms with van der Waals surface area (Å²) in [5.41, 5.74) is 1.96. The van der Waals surface area contributed by atoms with Gasteiger partial charge in [-0.2, -0.15) is 8.42 Å². The summed E-state index contributed by atoms with van der Waals surface area (Å²) in [7, 11) is -4.96. The Hall–Kier alpha value is -2.53. The molecule has 0 saturated carbocycles. The fraction of sp³-hybridized carbons (Fsp3) is 0.897. The molecule has 1 aromatic rings. The van der Waals surface area contributed by atoms with Crippen molar-refractivity contribution < 1.29 is 159 Å². The van der Waals surface area contributed by atoms with E-state index in [1.54, 1.807) is 0 Å². The Balaban J connectivity index is 1.68. The molecule has 0 aliphatic carbocycles.